The summed E-state index contributed by atoms with van der Waals surface area (Å²) in [6.07, 6.45) is 3.87. The molecule has 3 aromatic rings. The van der Waals surface area contributed by atoms with Crippen LogP contribution in [0.5, 0.6) is 0 Å². The van der Waals surface area contributed by atoms with Crippen molar-refractivity contribution in [3.8, 4) is 10.4 Å². The van der Waals surface area contributed by atoms with Crippen LogP contribution in [-0.4, -0.2) is 45.8 Å². The highest BCUT2D eigenvalue weighted by atomic mass is 32.1. The molecule has 1 N–H and O–H groups in total. The Kier molecular flexibility index (Phi) is 6.45. The molecule has 0 spiro atoms. The standard InChI is InChI=1S/C28H32N4O2S/c1-16-6-5-7-20(10-16)26-25(31-19(4)35-26)28(34)32-15-22-11-17(2)12-23(22)24(32)14-30-27(33)21-8-9-29-18(3)13-21/h5-10,13,17,22-24H,11-12,14-15H2,1-4H3,(H,30,33)/t17?,22-,23-,24+/m0/s1. The average molecular weight is 489 g/mol. The predicted molar refractivity (Wildman–Crippen MR) is 139 cm³/mol. The highest BCUT2D eigenvalue weighted by Crippen LogP contribution is 2.45. The van der Waals surface area contributed by atoms with E-state index < -0.39 is 0 Å². The van der Waals surface area contributed by atoms with E-state index >= 15 is 0 Å². The molecule has 4 atom stereocenters. The summed E-state index contributed by atoms with van der Waals surface area (Å²) < 4.78 is 0. The molecule has 1 unspecified atom stereocenters. The minimum absolute atomic E-state index is 0.0214. The van der Waals surface area contributed by atoms with Crippen molar-refractivity contribution in [3.63, 3.8) is 0 Å². The number of amides is 2. The van der Waals surface area contributed by atoms with Crippen LogP contribution in [0.2, 0.25) is 0 Å². The van der Waals surface area contributed by atoms with Crippen LogP contribution in [-0.2, 0) is 0 Å². The molecule has 0 bridgehead atoms. The van der Waals surface area contributed by atoms with E-state index in [2.05, 4.69) is 36.3 Å². The number of aromatic nitrogens is 2. The number of carbonyl (C=O) groups excluding carboxylic acids is 2. The summed E-state index contributed by atoms with van der Waals surface area (Å²) in [4.78, 5) is 38.6. The Balaban J connectivity index is 1.41. The second kappa shape index (κ2) is 9.53. The van der Waals surface area contributed by atoms with E-state index in [4.69, 9.17) is 4.98 Å². The first-order valence-corrected chi connectivity index (χ1v) is 13.2. The summed E-state index contributed by atoms with van der Waals surface area (Å²) in [6, 6.07) is 11.7. The number of likely N-dealkylation sites (tertiary alicyclic amines) is 1. The first-order chi connectivity index (χ1) is 16.8. The smallest absolute Gasteiger partial charge is 0.274 e. The summed E-state index contributed by atoms with van der Waals surface area (Å²) in [6.45, 7) is 9.36. The third kappa shape index (κ3) is 4.74. The summed E-state index contributed by atoms with van der Waals surface area (Å²) in [5.41, 5.74) is 4.13. The van der Waals surface area contributed by atoms with Gasteiger partial charge in [-0.25, -0.2) is 4.98 Å². The van der Waals surface area contributed by atoms with Gasteiger partial charge in [-0.1, -0.05) is 36.8 Å². The number of hydrogen-bond donors (Lipinski definition) is 1. The Morgan fingerprint density at radius 3 is 2.74 bits per heavy atom. The van der Waals surface area contributed by atoms with Crippen LogP contribution in [0.1, 0.15) is 56.9 Å². The molecule has 5 rings (SSSR count). The molecule has 6 nitrogen and oxygen atoms in total. The van der Waals surface area contributed by atoms with Gasteiger partial charge >= 0.3 is 0 Å². The number of aryl methyl sites for hydroxylation is 3. The van der Waals surface area contributed by atoms with Crippen LogP contribution < -0.4 is 5.32 Å². The highest BCUT2D eigenvalue weighted by Gasteiger charge is 2.48. The summed E-state index contributed by atoms with van der Waals surface area (Å²) in [5, 5.41) is 4.00. The largest absolute Gasteiger partial charge is 0.350 e. The first kappa shape index (κ1) is 23.7. The van der Waals surface area contributed by atoms with Gasteiger partial charge in [-0.05, 0) is 69.1 Å². The molecule has 35 heavy (non-hydrogen) atoms. The van der Waals surface area contributed by atoms with Crippen molar-refractivity contribution in [2.24, 2.45) is 17.8 Å². The van der Waals surface area contributed by atoms with Crippen molar-refractivity contribution in [1.29, 1.82) is 0 Å². The number of nitrogens with one attached hydrogen (secondary N) is 1. The van der Waals surface area contributed by atoms with Crippen LogP contribution in [0, 0.1) is 38.5 Å². The lowest BCUT2D eigenvalue weighted by atomic mass is 9.93. The molecule has 2 aliphatic rings. The zero-order chi connectivity index (χ0) is 24.7. The second-order valence-corrected chi connectivity index (χ2v) is 11.4. The van der Waals surface area contributed by atoms with Gasteiger partial charge in [0.1, 0.15) is 5.69 Å². The van der Waals surface area contributed by atoms with Crippen molar-refractivity contribution in [2.75, 3.05) is 13.1 Å². The van der Waals surface area contributed by atoms with Crippen LogP contribution in [0.25, 0.3) is 10.4 Å². The Labute approximate surface area is 210 Å². The van der Waals surface area contributed by atoms with Gasteiger partial charge in [-0.3, -0.25) is 14.6 Å². The zero-order valence-corrected chi connectivity index (χ0v) is 21.6. The van der Waals surface area contributed by atoms with E-state index in [1.54, 1.807) is 29.7 Å². The minimum Gasteiger partial charge on any atom is -0.350 e. The molecule has 7 heteroatoms. The molecule has 182 valence electrons. The summed E-state index contributed by atoms with van der Waals surface area (Å²) >= 11 is 1.57. The van der Waals surface area contributed by atoms with Crippen molar-refractivity contribution >= 4 is 23.2 Å². The quantitative estimate of drug-likeness (QED) is 0.546. The van der Waals surface area contributed by atoms with Gasteiger partial charge in [0.25, 0.3) is 11.8 Å². The number of rotatable bonds is 5. The normalized spacial score (nSPS) is 23.4. The third-order valence-electron chi connectivity index (χ3n) is 7.42. The van der Waals surface area contributed by atoms with E-state index in [0.29, 0.717) is 35.6 Å². The van der Waals surface area contributed by atoms with Crippen LogP contribution in [0.4, 0.5) is 0 Å². The lowest BCUT2D eigenvalue weighted by Gasteiger charge is -2.28. The molecule has 1 aliphatic carbocycles. The monoisotopic (exact) mass is 488 g/mol. The van der Waals surface area contributed by atoms with Gasteiger partial charge in [-0.2, -0.15) is 0 Å². The Morgan fingerprint density at radius 1 is 1.14 bits per heavy atom. The fraction of sp³-hybridized carbons (Fsp3) is 0.429. The Hall–Kier alpha value is -3.06. The molecule has 2 fully saturated rings. The minimum atomic E-state index is -0.123. The molecule has 0 radical (unpaired) electrons. The lowest BCUT2D eigenvalue weighted by molar-refractivity contribution is 0.0692. The second-order valence-electron chi connectivity index (χ2n) is 10.2. The maximum Gasteiger partial charge on any atom is 0.274 e. The SMILES string of the molecule is Cc1cccc(-c2sc(C)nc2C(=O)N2C[C@@H]3CC(C)C[C@@H]3[C@H]2CNC(=O)c2ccnc(C)c2)c1. The molecule has 1 saturated heterocycles. The Morgan fingerprint density at radius 2 is 1.97 bits per heavy atom. The van der Waals surface area contributed by atoms with Crippen molar-refractivity contribution in [3.05, 3.63) is 70.1 Å². The van der Waals surface area contributed by atoms with E-state index in [1.165, 1.54) is 0 Å². The molecule has 1 saturated carbocycles. The van der Waals surface area contributed by atoms with E-state index in [-0.39, 0.29) is 17.9 Å². The van der Waals surface area contributed by atoms with Crippen molar-refractivity contribution in [2.45, 2.75) is 46.6 Å². The fourth-order valence-electron chi connectivity index (χ4n) is 5.92. The Bertz CT molecular complexity index is 1270. The fourth-order valence-corrected chi connectivity index (χ4v) is 6.82. The maximum atomic E-state index is 14.0. The third-order valence-corrected chi connectivity index (χ3v) is 8.44. The number of carbonyl (C=O) groups is 2. The van der Waals surface area contributed by atoms with Crippen LogP contribution in [0.3, 0.4) is 0 Å². The lowest BCUT2D eigenvalue weighted by Crippen LogP contribution is -2.46. The van der Waals surface area contributed by atoms with Crippen molar-refractivity contribution in [1.82, 2.24) is 20.2 Å². The summed E-state index contributed by atoms with van der Waals surface area (Å²) in [7, 11) is 0. The van der Waals surface area contributed by atoms with Gasteiger partial charge < -0.3 is 10.2 Å². The van der Waals surface area contributed by atoms with E-state index in [0.717, 1.165) is 46.1 Å². The molecular weight excluding hydrogens is 456 g/mol. The average Bonchev–Trinajstić information content (AvgIpc) is 3.49. The van der Waals surface area contributed by atoms with Gasteiger partial charge in [0.05, 0.1) is 15.9 Å². The molecular formula is C28H32N4O2S. The molecule has 1 aromatic carbocycles. The van der Waals surface area contributed by atoms with Gasteiger partial charge in [-0.15, -0.1) is 11.3 Å². The van der Waals surface area contributed by atoms with Crippen molar-refractivity contribution < 1.29 is 9.59 Å². The maximum absolute atomic E-state index is 14.0. The zero-order valence-electron chi connectivity index (χ0n) is 20.7. The van der Waals surface area contributed by atoms with Crippen LogP contribution in [0.15, 0.2) is 42.6 Å². The predicted octanol–water partition coefficient (Wildman–Crippen LogP) is 5.05. The number of fused-ring (bicyclic) bond motifs is 1. The summed E-state index contributed by atoms with van der Waals surface area (Å²) in [5.74, 6) is 1.37. The van der Waals surface area contributed by atoms with E-state index in [9.17, 15) is 9.59 Å². The highest BCUT2D eigenvalue weighted by molar-refractivity contribution is 7.15. The van der Waals surface area contributed by atoms with Crippen LogP contribution >= 0.6 is 11.3 Å². The van der Waals surface area contributed by atoms with Gasteiger partial charge in [0.15, 0.2) is 0 Å². The number of hydrogen-bond acceptors (Lipinski definition) is 5. The molecule has 3 heterocycles. The topological polar surface area (TPSA) is 75.2 Å². The number of benzene rings is 1. The molecule has 2 aromatic heterocycles. The first-order valence-electron chi connectivity index (χ1n) is 12.4. The van der Waals surface area contributed by atoms with Gasteiger partial charge in [0, 0.05) is 30.5 Å². The number of pyridine rings is 1. The van der Waals surface area contributed by atoms with Gasteiger partial charge in [0.2, 0.25) is 0 Å². The number of thiazole rings is 1. The van der Waals surface area contributed by atoms with E-state index in [1.807, 2.05) is 30.9 Å². The molecule has 1 aliphatic heterocycles. The number of nitrogens with zero attached hydrogens (tertiary/aromatic N) is 3. The molecule has 2 amide bonds.